The Morgan fingerprint density at radius 2 is 0.897 bits per heavy atom. The Bertz CT molecular complexity index is 992. The van der Waals surface area contributed by atoms with Gasteiger partial charge in [-0.3, -0.25) is 0 Å². The number of para-hydroxylation sites is 4. The van der Waals surface area contributed by atoms with Crippen molar-refractivity contribution in [1.29, 1.82) is 0 Å². The third kappa shape index (κ3) is 4.57. The van der Waals surface area contributed by atoms with Gasteiger partial charge in [0.25, 0.3) is 0 Å². The SMILES string of the molecule is OC(Oc1ccccc1)(Oc1ccccc1)c1ccccc1Oc1ccccc1. The quantitative estimate of drug-likeness (QED) is 0.413. The maximum atomic E-state index is 11.5. The fraction of sp³-hybridized carbons (Fsp3) is 0.0400. The minimum absolute atomic E-state index is 0.344. The number of hydrogen-bond donors (Lipinski definition) is 1. The summed E-state index contributed by atoms with van der Waals surface area (Å²) in [5, 5.41) is 11.5. The molecule has 0 atom stereocenters. The molecule has 144 valence electrons. The molecule has 0 radical (unpaired) electrons. The van der Waals surface area contributed by atoms with Gasteiger partial charge in [0.2, 0.25) is 0 Å². The third-order valence-electron chi connectivity index (χ3n) is 4.20. The summed E-state index contributed by atoms with van der Waals surface area (Å²) in [6, 6.07) is 34.5. The van der Waals surface area contributed by atoms with Gasteiger partial charge in [0, 0.05) is 0 Å². The van der Waals surface area contributed by atoms with Crippen LogP contribution in [0.1, 0.15) is 5.56 Å². The monoisotopic (exact) mass is 384 g/mol. The van der Waals surface area contributed by atoms with Gasteiger partial charge in [-0.1, -0.05) is 66.7 Å². The summed E-state index contributed by atoms with van der Waals surface area (Å²) in [5.74, 6) is -0.121. The van der Waals surface area contributed by atoms with Gasteiger partial charge in [0.1, 0.15) is 28.6 Å². The summed E-state index contributed by atoms with van der Waals surface area (Å²) in [6.45, 7) is 0. The Hall–Kier alpha value is -3.76. The van der Waals surface area contributed by atoms with E-state index in [1.807, 2.05) is 72.8 Å². The molecule has 0 spiro atoms. The van der Waals surface area contributed by atoms with Crippen molar-refractivity contribution in [2.45, 2.75) is 5.97 Å². The maximum Gasteiger partial charge on any atom is 0.402 e. The van der Waals surface area contributed by atoms with Gasteiger partial charge in [0.15, 0.2) is 0 Å². The Balaban J connectivity index is 1.74. The van der Waals surface area contributed by atoms with Crippen LogP contribution in [0.4, 0.5) is 0 Å². The minimum Gasteiger partial charge on any atom is -0.457 e. The molecule has 0 aliphatic heterocycles. The lowest BCUT2D eigenvalue weighted by Gasteiger charge is -2.30. The van der Waals surface area contributed by atoms with Crippen LogP contribution in [0.25, 0.3) is 0 Å². The molecule has 4 rings (SSSR count). The van der Waals surface area contributed by atoms with Crippen molar-refractivity contribution in [3.63, 3.8) is 0 Å². The van der Waals surface area contributed by atoms with Gasteiger partial charge in [-0.15, -0.1) is 0 Å². The predicted molar refractivity (Wildman–Crippen MR) is 111 cm³/mol. The summed E-state index contributed by atoms with van der Waals surface area (Å²) in [4.78, 5) is 0. The van der Waals surface area contributed by atoms with Gasteiger partial charge in [-0.25, -0.2) is 0 Å². The lowest BCUT2D eigenvalue weighted by atomic mass is 10.1. The van der Waals surface area contributed by atoms with Crippen molar-refractivity contribution >= 4 is 0 Å². The number of rotatable bonds is 7. The predicted octanol–water partition coefficient (Wildman–Crippen LogP) is 5.74. The fourth-order valence-electron chi connectivity index (χ4n) is 2.86. The summed E-state index contributed by atoms with van der Waals surface area (Å²) >= 11 is 0. The molecule has 4 aromatic carbocycles. The molecule has 4 nitrogen and oxygen atoms in total. The average molecular weight is 384 g/mol. The molecule has 0 bridgehead atoms. The molecule has 0 amide bonds. The van der Waals surface area contributed by atoms with E-state index in [9.17, 15) is 5.11 Å². The smallest absolute Gasteiger partial charge is 0.402 e. The van der Waals surface area contributed by atoms with E-state index in [0.29, 0.717) is 28.6 Å². The van der Waals surface area contributed by atoms with Crippen LogP contribution in [-0.2, 0) is 5.97 Å². The maximum absolute atomic E-state index is 11.5. The molecule has 0 saturated carbocycles. The standard InChI is InChI=1S/C25H20O4/c26-25(28-21-14-6-2-7-15-21,29-22-16-8-3-9-17-22)23-18-10-11-19-24(23)27-20-12-4-1-5-13-20/h1-19,26H. The van der Waals surface area contributed by atoms with Crippen LogP contribution in [-0.4, -0.2) is 5.11 Å². The Kier molecular flexibility index (Phi) is 5.45. The number of hydrogen-bond acceptors (Lipinski definition) is 4. The molecule has 29 heavy (non-hydrogen) atoms. The van der Waals surface area contributed by atoms with Crippen LogP contribution in [0, 0.1) is 0 Å². The van der Waals surface area contributed by atoms with Crippen LogP contribution >= 0.6 is 0 Å². The zero-order chi connectivity index (χ0) is 19.9. The molecule has 0 fully saturated rings. The highest BCUT2D eigenvalue weighted by molar-refractivity contribution is 5.41. The minimum atomic E-state index is -2.10. The van der Waals surface area contributed by atoms with Gasteiger partial charge < -0.3 is 19.3 Å². The van der Waals surface area contributed by atoms with E-state index in [4.69, 9.17) is 14.2 Å². The first-order chi connectivity index (χ1) is 14.2. The summed E-state index contributed by atoms with van der Waals surface area (Å²) in [7, 11) is 0. The first kappa shape index (κ1) is 18.6. The summed E-state index contributed by atoms with van der Waals surface area (Å²) in [5.41, 5.74) is 0.344. The van der Waals surface area contributed by atoms with Crippen molar-refractivity contribution < 1.29 is 19.3 Å². The Morgan fingerprint density at radius 3 is 1.41 bits per heavy atom. The van der Waals surface area contributed by atoms with Crippen molar-refractivity contribution in [3.8, 4) is 23.0 Å². The molecule has 0 aliphatic rings. The lowest BCUT2D eigenvalue weighted by Crippen LogP contribution is -2.39. The molecular weight excluding hydrogens is 364 g/mol. The van der Waals surface area contributed by atoms with E-state index >= 15 is 0 Å². The molecule has 0 heterocycles. The number of benzene rings is 4. The fourth-order valence-corrected chi connectivity index (χ4v) is 2.86. The Morgan fingerprint density at radius 1 is 0.483 bits per heavy atom. The molecule has 4 heteroatoms. The molecule has 0 aliphatic carbocycles. The number of ether oxygens (including phenoxy) is 3. The molecule has 0 aromatic heterocycles. The number of aliphatic hydroxyl groups is 1. The second-order valence-electron chi connectivity index (χ2n) is 6.32. The van der Waals surface area contributed by atoms with Crippen LogP contribution in [0.15, 0.2) is 115 Å². The lowest BCUT2D eigenvalue weighted by molar-refractivity contribution is -0.284. The van der Waals surface area contributed by atoms with E-state index in [2.05, 4.69) is 0 Å². The topological polar surface area (TPSA) is 47.9 Å². The molecule has 1 N–H and O–H groups in total. The van der Waals surface area contributed by atoms with E-state index in [-0.39, 0.29) is 0 Å². The molecule has 0 saturated heterocycles. The van der Waals surface area contributed by atoms with Crippen molar-refractivity contribution in [1.82, 2.24) is 0 Å². The Labute approximate surface area is 169 Å². The second-order valence-corrected chi connectivity index (χ2v) is 6.32. The zero-order valence-corrected chi connectivity index (χ0v) is 15.6. The van der Waals surface area contributed by atoms with Crippen molar-refractivity contribution in [2.75, 3.05) is 0 Å². The average Bonchev–Trinajstić information content (AvgIpc) is 2.76. The van der Waals surface area contributed by atoms with Gasteiger partial charge in [0.05, 0.1) is 0 Å². The summed E-state index contributed by atoms with van der Waals surface area (Å²) in [6.07, 6.45) is 0. The highest BCUT2D eigenvalue weighted by Crippen LogP contribution is 2.36. The van der Waals surface area contributed by atoms with E-state index in [1.165, 1.54) is 0 Å². The molecular formula is C25H20O4. The first-order valence-electron chi connectivity index (χ1n) is 9.26. The largest absolute Gasteiger partial charge is 0.457 e. The van der Waals surface area contributed by atoms with Crippen LogP contribution in [0.5, 0.6) is 23.0 Å². The molecule has 0 unspecified atom stereocenters. The van der Waals surface area contributed by atoms with Gasteiger partial charge >= 0.3 is 5.97 Å². The van der Waals surface area contributed by atoms with Crippen molar-refractivity contribution in [2.24, 2.45) is 0 Å². The highest BCUT2D eigenvalue weighted by atomic mass is 16.8. The van der Waals surface area contributed by atoms with Gasteiger partial charge in [-0.05, 0) is 48.5 Å². The van der Waals surface area contributed by atoms with Crippen LogP contribution < -0.4 is 14.2 Å². The first-order valence-corrected chi connectivity index (χ1v) is 9.26. The van der Waals surface area contributed by atoms with Crippen LogP contribution in [0.2, 0.25) is 0 Å². The van der Waals surface area contributed by atoms with Crippen molar-refractivity contribution in [3.05, 3.63) is 121 Å². The highest BCUT2D eigenvalue weighted by Gasteiger charge is 2.38. The van der Waals surface area contributed by atoms with E-state index in [1.54, 1.807) is 42.5 Å². The summed E-state index contributed by atoms with van der Waals surface area (Å²) < 4.78 is 17.9. The van der Waals surface area contributed by atoms with Gasteiger partial charge in [-0.2, -0.15) is 0 Å². The van der Waals surface area contributed by atoms with E-state index in [0.717, 1.165) is 0 Å². The third-order valence-corrected chi connectivity index (χ3v) is 4.20. The van der Waals surface area contributed by atoms with E-state index < -0.39 is 5.97 Å². The zero-order valence-electron chi connectivity index (χ0n) is 15.6. The molecule has 4 aromatic rings. The van der Waals surface area contributed by atoms with Crippen LogP contribution in [0.3, 0.4) is 0 Å². The second kappa shape index (κ2) is 8.50. The normalized spacial score (nSPS) is 10.9.